The van der Waals surface area contributed by atoms with E-state index in [1.807, 2.05) is 6.92 Å². The average molecular weight is 439 g/mol. The van der Waals surface area contributed by atoms with Crippen LogP contribution in [0.3, 0.4) is 0 Å². The number of rotatable bonds is 8. The SMILES string of the molecule is CCCS(=O)(=O)N1CCC[C@@H]1c1ccc(C(=O)O)c(COc2ccc(Cl)cc2)n1. The van der Waals surface area contributed by atoms with Crippen LogP contribution in [0.2, 0.25) is 5.02 Å². The van der Waals surface area contributed by atoms with Crippen LogP contribution < -0.4 is 4.74 Å². The molecule has 1 fully saturated rings. The van der Waals surface area contributed by atoms with Crippen molar-refractivity contribution in [3.05, 3.63) is 58.4 Å². The Bertz CT molecular complexity index is 979. The number of aromatic carboxylic acids is 1. The highest BCUT2D eigenvalue weighted by atomic mass is 35.5. The molecule has 0 unspecified atom stereocenters. The highest BCUT2D eigenvalue weighted by Crippen LogP contribution is 2.34. The van der Waals surface area contributed by atoms with Crippen LogP contribution in [0.15, 0.2) is 36.4 Å². The van der Waals surface area contributed by atoms with E-state index in [0.717, 1.165) is 6.42 Å². The zero-order valence-corrected chi connectivity index (χ0v) is 17.6. The molecule has 0 saturated carbocycles. The van der Waals surface area contributed by atoms with Crippen molar-refractivity contribution in [3.63, 3.8) is 0 Å². The summed E-state index contributed by atoms with van der Waals surface area (Å²) in [5, 5.41) is 10.1. The molecule has 1 N–H and O–H groups in total. The maximum Gasteiger partial charge on any atom is 0.337 e. The predicted octanol–water partition coefficient (Wildman–Crippen LogP) is 3.89. The molecule has 0 aliphatic carbocycles. The first-order chi connectivity index (χ1) is 13.8. The van der Waals surface area contributed by atoms with Crippen LogP contribution in [-0.2, 0) is 16.6 Å². The number of nitrogens with zero attached hydrogens (tertiary/aromatic N) is 2. The molecular weight excluding hydrogens is 416 g/mol. The molecule has 1 aromatic heterocycles. The molecule has 1 aromatic carbocycles. The molecule has 1 saturated heterocycles. The van der Waals surface area contributed by atoms with Gasteiger partial charge in [0.1, 0.15) is 12.4 Å². The van der Waals surface area contributed by atoms with E-state index in [0.29, 0.717) is 35.9 Å². The van der Waals surface area contributed by atoms with Crippen molar-refractivity contribution in [2.75, 3.05) is 12.3 Å². The second kappa shape index (κ2) is 9.11. The summed E-state index contributed by atoms with van der Waals surface area (Å²) in [5.41, 5.74) is 0.829. The van der Waals surface area contributed by atoms with Gasteiger partial charge in [-0.15, -0.1) is 0 Å². The number of ether oxygens (including phenoxy) is 1. The Kier molecular flexibility index (Phi) is 6.77. The number of hydrogen-bond acceptors (Lipinski definition) is 5. The van der Waals surface area contributed by atoms with E-state index in [2.05, 4.69) is 4.98 Å². The molecule has 1 atom stereocenters. The molecule has 1 aliphatic rings. The van der Waals surface area contributed by atoms with Gasteiger partial charge in [-0.1, -0.05) is 18.5 Å². The van der Waals surface area contributed by atoms with Gasteiger partial charge in [0.25, 0.3) is 0 Å². The summed E-state index contributed by atoms with van der Waals surface area (Å²) < 4.78 is 32.3. The van der Waals surface area contributed by atoms with E-state index in [4.69, 9.17) is 16.3 Å². The molecule has 2 heterocycles. The minimum absolute atomic E-state index is 0.0312. The van der Waals surface area contributed by atoms with Crippen LogP contribution in [0, 0.1) is 0 Å². The Morgan fingerprint density at radius 3 is 2.66 bits per heavy atom. The molecule has 7 nitrogen and oxygen atoms in total. The number of aromatic nitrogens is 1. The first-order valence-electron chi connectivity index (χ1n) is 9.43. The van der Waals surface area contributed by atoms with Gasteiger partial charge in [-0.2, -0.15) is 4.31 Å². The monoisotopic (exact) mass is 438 g/mol. The van der Waals surface area contributed by atoms with Crippen molar-refractivity contribution < 1.29 is 23.1 Å². The summed E-state index contributed by atoms with van der Waals surface area (Å²) in [6.45, 7) is 2.23. The molecule has 0 bridgehead atoms. The summed E-state index contributed by atoms with van der Waals surface area (Å²) >= 11 is 5.86. The van der Waals surface area contributed by atoms with Crippen LogP contribution >= 0.6 is 11.6 Å². The Morgan fingerprint density at radius 2 is 2.00 bits per heavy atom. The van der Waals surface area contributed by atoms with Gasteiger partial charge in [0.2, 0.25) is 10.0 Å². The van der Waals surface area contributed by atoms with Crippen molar-refractivity contribution in [2.24, 2.45) is 0 Å². The number of benzene rings is 1. The largest absolute Gasteiger partial charge is 0.487 e. The fourth-order valence-corrected chi connectivity index (χ4v) is 5.32. The highest BCUT2D eigenvalue weighted by molar-refractivity contribution is 7.89. The van der Waals surface area contributed by atoms with Gasteiger partial charge >= 0.3 is 5.97 Å². The Morgan fingerprint density at radius 1 is 1.28 bits per heavy atom. The Balaban J connectivity index is 1.87. The van der Waals surface area contributed by atoms with Gasteiger partial charge in [-0.3, -0.25) is 4.98 Å². The Labute approximate surface area is 175 Å². The fourth-order valence-electron chi connectivity index (χ4n) is 3.43. The number of halogens is 1. The predicted molar refractivity (Wildman–Crippen MR) is 110 cm³/mol. The van der Waals surface area contributed by atoms with Crippen molar-refractivity contribution in [2.45, 2.75) is 38.8 Å². The molecule has 2 aromatic rings. The Hall–Kier alpha value is -2.16. The van der Waals surface area contributed by atoms with E-state index >= 15 is 0 Å². The van der Waals surface area contributed by atoms with Crippen molar-refractivity contribution in [1.82, 2.24) is 9.29 Å². The van der Waals surface area contributed by atoms with Gasteiger partial charge in [-0.25, -0.2) is 13.2 Å². The van der Waals surface area contributed by atoms with Crippen LogP contribution in [0.4, 0.5) is 0 Å². The number of hydrogen-bond donors (Lipinski definition) is 1. The molecule has 9 heteroatoms. The number of carboxylic acid groups (broad SMARTS) is 1. The van der Waals surface area contributed by atoms with Crippen LogP contribution in [0.1, 0.15) is 54.0 Å². The molecule has 3 rings (SSSR count). The van der Waals surface area contributed by atoms with Gasteiger partial charge in [0.05, 0.1) is 28.7 Å². The highest BCUT2D eigenvalue weighted by Gasteiger charge is 2.35. The number of carboxylic acids is 1. The van der Waals surface area contributed by atoms with Crippen molar-refractivity contribution in [3.8, 4) is 5.75 Å². The minimum Gasteiger partial charge on any atom is -0.487 e. The van der Waals surface area contributed by atoms with Gasteiger partial charge in [0, 0.05) is 11.6 Å². The van der Waals surface area contributed by atoms with Gasteiger partial charge in [-0.05, 0) is 55.7 Å². The molecule has 0 radical (unpaired) electrons. The van der Waals surface area contributed by atoms with Crippen LogP contribution in [0.25, 0.3) is 0 Å². The summed E-state index contributed by atoms with van der Waals surface area (Å²) in [5.74, 6) is -0.491. The van der Waals surface area contributed by atoms with E-state index < -0.39 is 16.0 Å². The van der Waals surface area contributed by atoms with Crippen LogP contribution in [-0.4, -0.2) is 41.1 Å². The molecule has 1 aliphatic heterocycles. The average Bonchev–Trinajstić information content (AvgIpc) is 3.18. The van der Waals surface area contributed by atoms with Crippen molar-refractivity contribution >= 4 is 27.6 Å². The lowest BCUT2D eigenvalue weighted by Gasteiger charge is -2.24. The first-order valence-corrected chi connectivity index (χ1v) is 11.4. The van der Waals surface area contributed by atoms with Crippen molar-refractivity contribution in [1.29, 1.82) is 0 Å². The maximum atomic E-state index is 12.6. The first kappa shape index (κ1) is 21.5. The molecule has 29 heavy (non-hydrogen) atoms. The fraction of sp³-hybridized carbons (Fsp3) is 0.400. The van der Waals surface area contributed by atoms with E-state index in [1.165, 1.54) is 10.4 Å². The lowest BCUT2D eigenvalue weighted by atomic mass is 10.1. The van der Waals surface area contributed by atoms with E-state index in [9.17, 15) is 18.3 Å². The zero-order chi connectivity index (χ0) is 21.0. The summed E-state index contributed by atoms with van der Waals surface area (Å²) in [6, 6.07) is 9.39. The summed E-state index contributed by atoms with van der Waals surface area (Å²) in [6.07, 6.45) is 1.93. The minimum atomic E-state index is -3.37. The smallest absolute Gasteiger partial charge is 0.337 e. The van der Waals surface area contributed by atoms with Crippen LogP contribution in [0.5, 0.6) is 5.75 Å². The van der Waals surface area contributed by atoms with Gasteiger partial charge in [0.15, 0.2) is 0 Å². The second-order valence-electron chi connectivity index (χ2n) is 6.86. The normalized spacial score (nSPS) is 17.4. The summed E-state index contributed by atoms with van der Waals surface area (Å²) in [4.78, 5) is 16.1. The lowest BCUT2D eigenvalue weighted by Crippen LogP contribution is -2.33. The third kappa shape index (κ3) is 5.07. The number of sulfonamides is 1. The standard InChI is InChI=1S/C20H23ClN2O5S/c1-2-12-29(26,27)23-11-3-4-19(23)17-10-9-16(20(24)25)18(22-17)13-28-15-7-5-14(21)6-8-15/h5-10,19H,2-4,11-13H2,1H3,(H,24,25)/t19-/m1/s1. The number of pyridine rings is 1. The third-order valence-corrected chi connectivity index (χ3v) is 7.11. The summed E-state index contributed by atoms with van der Waals surface area (Å²) in [7, 11) is -3.37. The second-order valence-corrected chi connectivity index (χ2v) is 9.34. The maximum absolute atomic E-state index is 12.6. The third-order valence-electron chi connectivity index (χ3n) is 4.78. The number of carbonyl (C=O) groups is 1. The molecular formula is C20H23ClN2O5S. The van der Waals surface area contributed by atoms with Gasteiger partial charge < -0.3 is 9.84 Å². The van der Waals surface area contributed by atoms with E-state index in [1.54, 1.807) is 30.3 Å². The van der Waals surface area contributed by atoms with E-state index in [-0.39, 0.29) is 29.7 Å². The lowest BCUT2D eigenvalue weighted by molar-refractivity contribution is 0.0693. The zero-order valence-electron chi connectivity index (χ0n) is 16.0. The quantitative estimate of drug-likeness (QED) is 0.671. The molecule has 156 valence electrons. The molecule has 0 amide bonds. The molecule has 0 spiro atoms. The topological polar surface area (TPSA) is 96.8 Å².